The molecule has 0 saturated carbocycles. The van der Waals surface area contributed by atoms with E-state index in [0.717, 1.165) is 18.9 Å². The maximum Gasteiger partial charge on any atom is 0.416 e. The van der Waals surface area contributed by atoms with Crippen LogP contribution in [0, 0.1) is 5.92 Å². The fraction of sp³-hybridized carbons (Fsp3) is 0.500. The summed E-state index contributed by atoms with van der Waals surface area (Å²) in [4.78, 5) is 14.4. The Morgan fingerprint density at radius 1 is 1.26 bits per heavy atom. The highest BCUT2D eigenvalue weighted by molar-refractivity contribution is 5.92. The van der Waals surface area contributed by atoms with Crippen molar-refractivity contribution in [2.45, 2.75) is 45.3 Å². The number of aryl methyl sites for hydroxylation is 2. The Kier molecular flexibility index (Phi) is 5.87. The minimum absolute atomic E-state index is 0.0948. The standard InChI is InChI=1S/C20H24F3N3O/c1-2-26-13-11-18(24-26)19(27)25-12-5-6-15(14-25)9-10-16-7-3-4-8-17(16)20(21,22)23/h3-4,7-8,11,13,15H,2,5-6,9-10,12,14H2,1H3/t15-/m0/s1. The first-order valence-electron chi connectivity index (χ1n) is 9.36. The van der Waals surface area contributed by atoms with Crippen LogP contribution in [0.25, 0.3) is 0 Å². The van der Waals surface area contributed by atoms with E-state index in [0.29, 0.717) is 43.7 Å². The van der Waals surface area contributed by atoms with Gasteiger partial charge in [0, 0.05) is 25.8 Å². The van der Waals surface area contributed by atoms with Crippen LogP contribution in [0.2, 0.25) is 0 Å². The van der Waals surface area contributed by atoms with Gasteiger partial charge in [-0.25, -0.2) is 0 Å². The predicted molar refractivity (Wildman–Crippen MR) is 96.3 cm³/mol. The highest BCUT2D eigenvalue weighted by atomic mass is 19.4. The lowest BCUT2D eigenvalue weighted by molar-refractivity contribution is -0.138. The van der Waals surface area contributed by atoms with E-state index < -0.39 is 11.7 Å². The molecule has 0 N–H and O–H groups in total. The van der Waals surface area contributed by atoms with E-state index >= 15 is 0 Å². The number of nitrogens with zero attached hydrogens (tertiary/aromatic N) is 3. The van der Waals surface area contributed by atoms with Crippen LogP contribution in [0.4, 0.5) is 13.2 Å². The zero-order chi connectivity index (χ0) is 19.4. The summed E-state index contributed by atoms with van der Waals surface area (Å²) in [6, 6.07) is 7.46. The molecule has 3 rings (SSSR count). The molecule has 2 aromatic rings. The third kappa shape index (κ3) is 4.70. The van der Waals surface area contributed by atoms with Crippen molar-refractivity contribution in [1.29, 1.82) is 0 Å². The minimum atomic E-state index is -4.33. The summed E-state index contributed by atoms with van der Waals surface area (Å²) in [6.45, 7) is 3.91. The molecule has 1 aromatic carbocycles. The van der Waals surface area contributed by atoms with E-state index in [-0.39, 0.29) is 11.8 Å². The first kappa shape index (κ1) is 19.5. The number of hydrogen-bond acceptors (Lipinski definition) is 2. The summed E-state index contributed by atoms with van der Waals surface area (Å²) < 4.78 is 41.1. The second kappa shape index (κ2) is 8.15. The monoisotopic (exact) mass is 379 g/mol. The quantitative estimate of drug-likeness (QED) is 0.772. The molecule has 1 amide bonds. The summed E-state index contributed by atoms with van der Waals surface area (Å²) in [6.07, 6.45) is 0.256. The van der Waals surface area contributed by atoms with Crippen LogP contribution in [-0.4, -0.2) is 33.7 Å². The topological polar surface area (TPSA) is 38.1 Å². The highest BCUT2D eigenvalue weighted by Gasteiger charge is 2.33. The lowest BCUT2D eigenvalue weighted by atomic mass is 9.90. The number of halogens is 3. The SMILES string of the molecule is CCn1ccc(C(=O)N2CCC[C@@H](CCc3ccccc3C(F)(F)F)C2)n1. The number of rotatable bonds is 5. The van der Waals surface area contributed by atoms with Crippen molar-refractivity contribution in [3.8, 4) is 0 Å². The van der Waals surface area contributed by atoms with Crippen molar-refractivity contribution in [1.82, 2.24) is 14.7 Å². The van der Waals surface area contributed by atoms with E-state index in [1.165, 1.54) is 6.07 Å². The number of hydrogen-bond donors (Lipinski definition) is 0. The Morgan fingerprint density at radius 2 is 2.04 bits per heavy atom. The average Bonchev–Trinajstić information content (AvgIpc) is 3.15. The first-order valence-corrected chi connectivity index (χ1v) is 9.36. The third-order valence-electron chi connectivity index (χ3n) is 5.13. The molecule has 4 nitrogen and oxygen atoms in total. The molecule has 1 aliphatic rings. The zero-order valence-corrected chi connectivity index (χ0v) is 15.4. The largest absolute Gasteiger partial charge is 0.416 e. The fourth-order valence-corrected chi connectivity index (χ4v) is 3.67. The van der Waals surface area contributed by atoms with Crippen LogP contribution in [0.1, 0.15) is 47.8 Å². The number of benzene rings is 1. The molecule has 0 spiro atoms. The van der Waals surface area contributed by atoms with Crippen molar-refractivity contribution in [3.05, 3.63) is 53.3 Å². The average molecular weight is 379 g/mol. The Labute approximate surface area is 157 Å². The van der Waals surface area contributed by atoms with Gasteiger partial charge in [0.15, 0.2) is 0 Å². The summed E-state index contributed by atoms with van der Waals surface area (Å²) in [5, 5.41) is 4.26. The molecule has 1 saturated heterocycles. The molecule has 1 atom stereocenters. The first-order chi connectivity index (χ1) is 12.9. The molecule has 0 unspecified atom stereocenters. The van der Waals surface area contributed by atoms with Crippen LogP contribution in [0.15, 0.2) is 36.5 Å². The molecule has 2 heterocycles. The van der Waals surface area contributed by atoms with Gasteiger partial charge < -0.3 is 4.90 Å². The minimum Gasteiger partial charge on any atom is -0.337 e. The third-order valence-corrected chi connectivity index (χ3v) is 5.13. The highest BCUT2D eigenvalue weighted by Crippen LogP contribution is 2.33. The summed E-state index contributed by atoms with van der Waals surface area (Å²) in [7, 11) is 0. The van der Waals surface area contributed by atoms with Crippen LogP contribution >= 0.6 is 0 Å². The predicted octanol–water partition coefficient (Wildman–Crippen LogP) is 4.41. The second-order valence-electron chi connectivity index (χ2n) is 7.01. The fourth-order valence-electron chi connectivity index (χ4n) is 3.67. The summed E-state index contributed by atoms with van der Waals surface area (Å²) >= 11 is 0. The molecular weight excluding hydrogens is 355 g/mol. The number of carbonyl (C=O) groups excluding carboxylic acids is 1. The van der Waals surface area contributed by atoms with E-state index in [2.05, 4.69) is 5.10 Å². The van der Waals surface area contributed by atoms with Gasteiger partial charge in [-0.05, 0) is 56.2 Å². The molecule has 7 heteroatoms. The maximum atomic E-state index is 13.1. The Bertz CT molecular complexity index is 785. The van der Waals surface area contributed by atoms with Crippen LogP contribution in [0.5, 0.6) is 0 Å². The van der Waals surface area contributed by atoms with Crippen molar-refractivity contribution in [2.24, 2.45) is 5.92 Å². The smallest absolute Gasteiger partial charge is 0.337 e. The van der Waals surface area contributed by atoms with Gasteiger partial charge in [0.25, 0.3) is 5.91 Å². The summed E-state index contributed by atoms with van der Waals surface area (Å²) in [5.41, 5.74) is 0.203. The molecule has 0 radical (unpaired) electrons. The van der Waals surface area contributed by atoms with Gasteiger partial charge in [-0.3, -0.25) is 9.48 Å². The molecular formula is C20H24F3N3O. The van der Waals surface area contributed by atoms with Gasteiger partial charge in [-0.2, -0.15) is 18.3 Å². The van der Waals surface area contributed by atoms with Crippen LogP contribution in [0.3, 0.4) is 0 Å². The van der Waals surface area contributed by atoms with E-state index in [1.807, 2.05) is 6.92 Å². The second-order valence-corrected chi connectivity index (χ2v) is 7.01. The lowest BCUT2D eigenvalue weighted by Crippen LogP contribution is -2.40. The Morgan fingerprint density at radius 3 is 2.74 bits per heavy atom. The molecule has 0 bridgehead atoms. The van der Waals surface area contributed by atoms with Crippen LogP contribution < -0.4 is 0 Å². The van der Waals surface area contributed by atoms with Gasteiger partial charge in [0.05, 0.1) is 5.56 Å². The number of alkyl halides is 3. The van der Waals surface area contributed by atoms with Crippen molar-refractivity contribution < 1.29 is 18.0 Å². The zero-order valence-electron chi connectivity index (χ0n) is 15.4. The van der Waals surface area contributed by atoms with Crippen molar-refractivity contribution in [3.63, 3.8) is 0 Å². The van der Waals surface area contributed by atoms with E-state index in [1.54, 1.807) is 34.0 Å². The van der Waals surface area contributed by atoms with E-state index in [4.69, 9.17) is 0 Å². The van der Waals surface area contributed by atoms with Gasteiger partial charge >= 0.3 is 6.18 Å². The molecule has 1 fully saturated rings. The van der Waals surface area contributed by atoms with Gasteiger partial charge in [0.2, 0.25) is 0 Å². The number of piperidine rings is 1. The molecule has 0 aliphatic carbocycles. The Balaban J connectivity index is 1.61. The van der Waals surface area contributed by atoms with Crippen LogP contribution in [-0.2, 0) is 19.1 Å². The number of carbonyl (C=O) groups is 1. The van der Waals surface area contributed by atoms with Gasteiger partial charge in [-0.15, -0.1) is 0 Å². The van der Waals surface area contributed by atoms with Crippen molar-refractivity contribution in [2.75, 3.05) is 13.1 Å². The normalized spacial score (nSPS) is 17.9. The van der Waals surface area contributed by atoms with E-state index in [9.17, 15) is 18.0 Å². The Hall–Kier alpha value is -2.31. The van der Waals surface area contributed by atoms with Gasteiger partial charge in [-0.1, -0.05) is 18.2 Å². The lowest BCUT2D eigenvalue weighted by Gasteiger charge is -2.32. The van der Waals surface area contributed by atoms with Gasteiger partial charge in [0.1, 0.15) is 5.69 Å². The summed E-state index contributed by atoms with van der Waals surface area (Å²) in [5.74, 6) is 0.111. The molecule has 1 aromatic heterocycles. The maximum absolute atomic E-state index is 13.1. The number of aromatic nitrogens is 2. The molecule has 1 aliphatic heterocycles. The molecule has 27 heavy (non-hydrogen) atoms. The van der Waals surface area contributed by atoms with Crippen molar-refractivity contribution >= 4 is 5.91 Å². The number of likely N-dealkylation sites (tertiary alicyclic amines) is 1. The number of amides is 1. The molecule has 146 valence electrons.